The number of methoxy groups -OCH3 is 3. The Morgan fingerprint density at radius 2 is 1.45 bits per heavy atom. The molecule has 1 aliphatic rings. The van der Waals surface area contributed by atoms with Crippen LogP contribution >= 0.6 is 0 Å². The third-order valence-corrected chi connectivity index (χ3v) is 8.04. The summed E-state index contributed by atoms with van der Waals surface area (Å²) in [7, 11) is 4.67. The normalized spacial score (nSPS) is 13.2. The lowest BCUT2D eigenvalue weighted by Crippen LogP contribution is -2.35. The lowest BCUT2D eigenvalue weighted by molar-refractivity contribution is 0.0341. The summed E-state index contributed by atoms with van der Waals surface area (Å²) >= 11 is 0. The fourth-order valence-corrected chi connectivity index (χ4v) is 5.49. The molecular weight excluding hydrogens is 627 g/mol. The van der Waals surface area contributed by atoms with Gasteiger partial charge in [-0.05, 0) is 53.9 Å². The molecule has 254 valence electrons. The molecule has 0 unspecified atom stereocenters. The van der Waals surface area contributed by atoms with Crippen LogP contribution in [0.3, 0.4) is 0 Å². The summed E-state index contributed by atoms with van der Waals surface area (Å²) in [5, 5.41) is 3.22. The SMILES string of the molecule is COc1ccc(CN(Cc2ccc(OC)cc2)c2nc(C)nc(-c3cc(CN4CCOCC4)cnc3Nc3cnc(OC)c(F)c3)n2)cc1. The molecule has 1 fully saturated rings. The first-order valence-electron chi connectivity index (χ1n) is 15.9. The summed E-state index contributed by atoms with van der Waals surface area (Å²) in [5.41, 5.74) is 4.13. The van der Waals surface area contributed by atoms with E-state index < -0.39 is 5.82 Å². The van der Waals surface area contributed by atoms with Crippen LogP contribution in [0.4, 0.5) is 21.8 Å². The van der Waals surface area contributed by atoms with E-state index in [1.165, 1.54) is 19.4 Å². The first kappa shape index (κ1) is 33.5. The Bertz CT molecular complexity index is 1800. The van der Waals surface area contributed by atoms with Crippen molar-refractivity contribution in [2.24, 2.45) is 0 Å². The molecular formula is C36H39FN8O4. The van der Waals surface area contributed by atoms with Crippen molar-refractivity contribution in [2.75, 3.05) is 57.8 Å². The number of halogens is 1. The van der Waals surface area contributed by atoms with Gasteiger partial charge in [0.05, 0.1) is 52.0 Å². The number of benzene rings is 2. The molecule has 0 atom stereocenters. The van der Waals surface area contributed by atoms with Crippen LogP contribution in [0.2, 0.25) is 0 Å². The first-order valence-corrected chi connectivity index (χ1v) is 15.9. The van der Waals surface area contributed by atoms with Gasteiger partial charge in [-0.25, -0.2) is 19.3 Å². The number of morpholine rings is 1. The number of hydrogen-bond donors (Lipinski definition) is 1. The Labute approximate surface area is 284 Å². The third-order valence-electron chi connectivity index (χ3n) is 8.04. The van der Waals surface area contributed by atoms with Crippen molar-refractivity contribution in [3.05, 3.63) is 101 Å². The highest BCUT2D eigenvalue weighted by Crippen LogP contribution is 2.31. The summed E-state index contributed by atoms with van der Waals surface area (Å²) in [6.45, 7) is 6.59. The molecule has 13 heteroatoms. The van der Waals surface area contributed by atoms with Gasteiger partial charge < -0.3 is 29.2 Å². The van der Waals surface area contributed by atoms with Crippen molar-refractivity contribution < 1.29 is 23.3 Å². The minimum atomic E-state index is -0.594. The quantitative estimate of drug-likeness (QED) is 0.169. The van der Waals surface area contributed by atoms with E-state index in [1.54, 1.807) is 14.2 Å². The summed E-state index contributed by atoms with van der Waals surface area (Å²) < 4.78 is 35.9. The third kappa shape index (κ3) is 8.55. The maximum Gasteiger partial charge on any atom is 0.250 e. The molecule has 4 heterocycles. The Kier molecular flexibility index (Phi) is 10.7. The van der Waals surface area contributed by atoms with Gasteiger partial charge in [0.2, 0.25) is 11.8 Å². The fraction of sp³-hybridized carbons (Fsp3) is 0.306. The van der Waals surface area contributed by atoms with E-state index in [1.807, 2.05) is 67.7 Å². The molecule has 0 aliphatic carbocycles. The predicted molar refractivity (Wildman–Crippen MR) is 184 cm³/mol. The summed E-state index contributed by atoms with van der Waals surface area (Å²) in [4.78, 5) is 27.9. The van der Waals surface area contributed by atoms with Gasteiger partial charge in [0, 0.05) is 45.0 Å². The van der Waals surface area contributed by atoms with Crippen molar-refractivity contribution in [3.63, 3.8) is 0 Å². The van der Waals surface area contributed by atoms with E-state index in [9.17, 15) is 4.39 Å². The Morgan fingerprint density at radius 3 is 2.04 bits per heavy atom. The second kappa shape index (κ2) is 15.7. The molecule has 5 aromatic rings. The van der Waals surface area contributed by atoms with Crippen LogP contribution in [0.5, 0.6) is 17.4 Å². The van der Waals surface area contributed by atoms with Gasteiger partial charge in [-0.3, -0.25) is 4.90 Å². The Balaban J connectivity index is 1.39. The van der Waals surface area contributed by atoms with E-state index in [0.717, 1.165) is 41.3 Å². The molecule has 49 heavy (non-hydrogen) atoms. The van der Waals surface area contributed by atoms with E-state index in [0.29, 0.717) is 67.5 Å². The average Bonchev–Trinajstić information content (AvgIpc) is 3.13. The van der Waals surface area contributed by atoms with E-state index in [2.05, 4.69) is 20.1 Å². The number of nitrogens with one attached hydrogen (secondary N) is 1. The first-order chi connectivity index (χ1) is 23.9. The zero-order valence-corrected chi connectivity index (χ0v) is 28.0. The number of rotatable bonds is 13. The van der Waals surface area contributed by atoms with Gasteiger partial charge in [-0.2, -0.15) is 9.97 Å². The van der Waals surface area contributed by atoms with Crippen LogP contribution in [-0.2, 0) is 24.4 Å². The number of hydrogen-bond acceptors (Lipinski definition) is 12. The minimum absolute atomic E-state index is 0.0915. The molecule has 0 bridgehead atoms. The maximum atomic E-state index is 14.6. The van der Waals surface area contributed by atoms with Gasteiger partial charge in [0.1, 0.15) is 23.1 Å². The van der Waals surface area contributed by atoms with Gasteiger partial charge in [-0.15, -0.1) is 0 Å². The van der Waals surface area contributed by atoms with E-state index >= 15 is 0 Å². The average molecular weight is 667 g/mol. The highest BCUT2D eigenvalue weighted by molar-refractivity contribution is 5.75. The Morgan fingerprint density at radius 1 is 0.796 bits per heavy atom. The van der Waals surface area contributed by atoms with Crippen LogP contribution in [0.25, 0.3) is 11.4 Å². The van der Waals surface area contributed by atoms with Crippen LogP contribution in [0.1, 0.15) is 22.5 Å². The number of pyridine rings is 2. The minimum Gasteiger partial charge on any atom is -0.497 e. The van der Waals surface area contributed by atoms with Gasteiger partial charge in [0.15, 0.2) is 11.6 Å². The second-order valence-corrected chi connectivity index (χ2v) is 11.5. The fourth-order valence-electron chi connectivity index (χ4n) is 5.49. The molecule has 0 radical (unpaired) electrons. The summed E-state index contributed by atoms with van der Waals surface area (Å²) in [6.07, 6.45) is 3.30. The van der Waals surface area contributed by atoms with Crippen molar-refractivity contribution >= 4 is 17.5 Å². The van der Waals surface area contributed by atoms with Crippen molar-refractivity contribution in [1.82, 2.24) is 29.8 Å². The van der Waals surface area contributed by atoms with Crippen molar-refractivity contribution in [1.29, 1.82) is 0 Å². The highest BCUT2D eigenvalue weighted by atomic mass is 19.1. The van der Waals surface area contributed by atoms with Gasteiger partial charge >= 0.3 is 0 Å². The molecule has 3 aromatic heterocycles. The molecule has 12 nitrogen and oxygen atoms in total. The number of ether oxygens (including phenoxy) is 4. The Hall–Kier alpha value is -5.40. The topological polar surface area (TPSA) is 120 Å². The standard InChI is InChI=1S/C36H39FN8O4/c1-24-40-34(43-36(41-24)45(22-25-5-9-29(46-2)10-6-25)23-26-7-11-30(47-3)12-8-26)31-17-27(21-44-13-15-49-16-14-44)19-38-33(31)42-28-18-32(37)35(48-4)39-20-28/h5-12,17-20H,13-16,21-23H2,1-4H3,(H,38,42). The van der Waals surface area contributed by atoms with Crippen molar-refractivity contribution in [3.8, 4) is 28.8 Å². The lowest BCUT2D eigenvalue weighted by Gasteiger charge is -2.27. The van der Waals surface area contributed by atoms with Crippen LogP contribution in [0.15, 0.2) is 73.1 Å². The molecule has 0 spiro atoms. The predicted octanol–water partition coefficient (Wildman–Crippen LogP) is 5.58. The second-order valence-electron chi connectivity index (χ2n) is 11.5. The molecule has 1 saturated heterocycles. The highest BCUT2D eigenvalue weighted by Gasteiger charge is 2.20. The molecule has 2 aromatic carbocycles. The number of aryl methyl sites for hydroxylation is 1. The monoisotopic (exact) mass is 666 g/mol. The van der Waals surface area contributed by atoms with Crippen molar-refractivity contribution in [2.45, 2.75) is 26.6 Å². The number of aromatic nitrogens is 5. The summed E-state index contributed by atoms with van der Waals surface area (Å²) in [5.74, 6) is 2.78. The molecule has 1 aliphatic heterocycles. The van der Waals surface area contributed by atoms with Crippen LogP contribution in [0, 0.1) is 12.7 Å². The maximum absolute atomic E-state index is 14.6. The van der Waals surface area contributed by atoms with Crippen LogP contribution in [-0.4, -0.2) is 77.5 Å². The van der Waals surface area contributed by atoms with E-state index in [4.69, 9.17) is 38.9 Å². The zero-order valence-electron chi connectivity index (χ0n) is 28.0. The largest absolute Gasteiger partial charge is 0.497 e. The van der Waals surface area contributed by atoms with Gasteiger partial charge in [0.25, 0.3) is 0 Å². The molecule has 0 saturated carbocycles. The molecule has 0 amide bonds. The number of anilines is 3. The molecule has 6 rings (SSSR count). The lowest BCUT2D eigenvalue weighted by atomic mass is 10.1. The zero-order chi connectivity index (χ0) is 34.2. The van der Waals surface area contributed by atoms with E-state index in [-0.39, 0.29) is 5.88 Å². The molecule has 1 N–H and O–H groups in total. The number of nitrogens with zero attached hydrogens (tertiary/aromatic N) is 7. The smallest absolute Gasteiger partial charge is 0.250 e. The van der Waals surface area contributed by atoms with Gasteiger partial charge in [-0.1, -0.05) is 24.3 Å². The van der Waals surface area contributed by atoms with Crippen LogP contribution < -0.4 is 24.4 Å². The summed E-state index contributed by atoms with van der Waals surface area (Å²) in [6, 6.07) is 19.2.